The van der Waals surface area contributed by atoms with E-state index < -0.39 is 6.16 Å². The van der Waals surface area contributed by atoms with E-state index in [0.29, 0.717) is 18.9 Å². The average molecular weight is 365 g/mol. The number of hydrogen-bond donors (Lipinski definition) is 2. The van der Waals surface area contributed by atoms with Crippen LogP contribution < -0.4 is 9.47 Å². The molecule has 2 aromatic carbocycles. The topological polar surface area (TPSA) is 71.5 Å². The van der Waals surface area contributed by atoms with Crippen molar-refractivity contribution >= 4 is 17.1 Å². The Morgan fingerprint density at radius 3 is 2.81 bits per heavy atom. The number of carboxylic acid groups (broad SMARTS) is 1. The molecule has 0 unspecified atom stereocenters. The van der Waals surface area contributed by atoms with Gasteiger partial charge in [0.05, 0.1) is 6.61 Å². The van der Waals surface area contributed by atoms with E-state index in [-0.39, 0.29) is 0 Å². The summed E-state index contributed by atoms with van der Waals surface area (Å²) in [6.45, 7) is 0.586. The number of aromatic nitrogens is 1. The highest BCUT2D eigenvalue weighted by molar-refractivity contribution is 5.86. The average Bonchev–Trinajstić information content (AvgIpc) is 3.01. The number of ether oxygens (including phenoxy) is 2. The number of hydrogen-bond acceptors (Lipinski definition) is 3. The lowest BCUT2D eigenvalue weighted by molar-refractivity contribution is 0.142. The van der Waals surface area contributed by atoms with Crippen LogP contribution in [-0.4, -0.2) is 22.9 Å². The molecule has 0 spiro atoms. The van der Waals surface area contributed by atoms with E-state index in [4.69, 9.17) is 14.6 Å². The van der Waals surface area contributed by atoms with Crippen LogP contribution >= 0.6 is 0 Å². The van der Waals surface area contributed by atoms with E-state index in [2.05, 4.69) is 23.2 Å². The molecular weight excluding hydrogens is 342 g/mol. The van der Waals surface area contributed by atoms with Gasteiger partial charge in [-0.05, 0) is 61.8 Å². The first-order valence-corrected chi connectivity index (χ1v) is 9.46. The third-order valence-corrected chi connectivity index (χ3v) is 5.15. The molecule has 0 amide bonds. The summed E-state index contributed by atoms with van der Waals surface area (Å²) in [5.41, 5.74) is 4.52. The first kappa shape index (κ1) is 17.5. The Morgan fingerprint density at radius 2 is 1.93 bits per heavy atom. The molecule has 0 aliphatic heterocycles. The van der Waals surface area contributed by atoms with Gasteiger partial charge in [0.25, 0.3) is 0 Å². The molecule has 1 heterocycles. The zero-order valence-electron chi connectivity index (χ0n) is 15.2. The number of aryl methyl sites for hydroxylation is 2. The molecule has 0 atom stereocenters. The molecule has 0 saturated carbocycles. The van der Waals surface area contributed by atoms with Crippen LogP contribution in [-0.2, 0) is 19.3 Å². The largest absolute Gasteiger partial charge is 0.512 e. The lowest BCUT2D eigenvalue weighted by atomic mass is 9.91. The number of fused-ring (bicyclic) bond motifs is 2. The Morgan fingerprint density at radius 1 is 1.07 bits per heavy atom. The van der Waals surface area contributed by atoms with E-state index in [0.717, 1.165) is 41.5 Å². The van der Waals surface area contributed by atoms with Crippen LogP contribution in [0.4, 0.5) is 4.79 Å². The monoisotopic (exact) mass is 365 g/mol. The number of benzene rings is 2. The summed E-state index contributed by atoms with van der Waals surface area (Å²) in [6, 6.07) is 14.1. The fourth-order valence-electron chi connectivity index (χ4n) is 3.91. The third kappa shape index (κ3) is 3.77. The maximum atomic E-state index is 11.0. The van der Waals surface area contributed by atoms with Gasteiger partial charge in [0.2, 0.25) is 5.88 Å². The molecule has 2 N–H and O–H groups in total. The van der Waals surface area contributed by atoms with E-state index in [1.807, 2.05) is 24.3 Å². The highest BCUT2D eigenvalue weighted by Crippen LogP contribution is 2.31. The molecule has 3 aromatic rings. The van der Waals surface area contributed by atoms with Crippen LogP contribution in [0.5, 0.6) is 11.6 Å². The van der Waals surface area contributed by atoms with Gasteiger partial charge < -0.3 is 19.6 Å². The van der Waals surface area contributed by atoms with Crippen molar-refractivity contribution in [2.75, 3.05) is 6.61 Å². The minimum atomic E-state index is -1.31. The molecule has 4 rings (SSSR count). The van der Waals surface area contributed by atoms with Crippen LogP contribution in [0.15, 0.2) is 42.5 Å². The quantitative estimate of drug-likeness (QED) is 0.470. The zero-order chi connectivity index (χ0) is 18.6. The number of aromatic amines is 1. The lowest BCUT2D eigenvalue weighted by Gasteiger charge is -2.19. The molecule has 5 heteroatoms. The molecule has 0 bridgehead atoms. The van der Waals surface area contributed by atoms with Gasteiger partial charge in [-0.1, -0.05) is 30.3 Å². The Balaban J connectivity index is 1.44. The van der Waals surface area contributed by atoms with Crippen molar-refractivity contribution in [3.05, 3.63) is 59.2 Å². The second-order valence-corrected chi connectivity index (χ2v) is 6.90. The van der Waals surface area contributed by atoms with Crippen LogP contribution in [0.2, 0.25) is 0 Å². The summed E-state index contributed by atoms with van der Waals surface area (Å²) in [5.74, 6) is 1.30. The number of rotatable bonds is 6. The molecule has 0 saturated heterocycles. The van der Waals surface area contributed by atoms with Crippen LogP contribution in [0, 0.1) is 0 Å². The van der Waals surface area contributed by atoms with Gasteiger partial charge in [0.15, 0.2) is 0 Å². The molecule has 0 radical (unpaired) electrons. The summed E-state index contributed by atoms with van der Waals surface area (Å²) >= 11 is 0. The van der Waals surface area contributed by atoms with Crippen molar-refractivity contribution in [3.63, 3.8) is 0 Å². The number of carbonyl (C=O) groups is 1. The van der Waals surface area contributed by atoms with Crippen LogP contribution in [0.25, 0.3) is 10.9 Å². The zero-order valence-corrected chi connectivity index (χ0v) is 15.2. The van der Waals surface area contributed by atoms with Gasteiger partial charge in [-0.3, -0.25) is 0 Å². The van der Waals surface area contributed by atoms with E-state index in [1.54, 1.807) is 0 Å². The van der Waals surface area contributed by atoms with Crippen molar-refractivity contribution in [1.82, 2.24) is 4.98 Å². The molecule has 1 aliphatic carbocycles. The fraction of sp³-hybridized carbons (Fsp3) is 0.318. The Kier molecular flexibility index (Phi) is 5.01. The molecule has 140 valence electrons. The SMILES string of the molecule is O=C(O)Oc1[nH]c2ccccc2c1CCCOc1cccc2c1CCCC2. The fourth-order valence-corrected chi connectivity index (χ4v) is 3.91. The maximum absolute atomic E-state index is 11.0. The standard InChI is InChI=1S/C22H23NO4/c24-22(25)27-21-18(17-10-3-4-12-19(17)23-21)11-6-14-26-20-13-5-8-15-7-1-2-9-16(15)20/h3-5,8,10,12-13,23H,1-2,6-7,9,11,14H2,(H,24,25). The van der Waals surface area contributed by atoms with Crippen LogP contribution in [0.3, 0.4) is 0 Å². The highest BCUT2D eigenvalue weighted by Gasteiger charge is 2.16. The van der Waals surface area contributed by atoms with E-state index in [1.165, 1.54) is 24.0 Å². The summed E-state index contributed by atoms with van der Waals surface area (Å²) in [6.07, 6.45) is 4.85. The highest BCUT2D eigenvalue weighted by atomic mass is 16.7. The smallest absolute Gasteiger partial charge is 0.493 e. The predicted molar refractivity (Wildman–Crippen MR) is 104 cm³/mol. The van der Waals surface area contributed by atoms with E-state index in [9.17, 15) is 4.79 Å². The van der Waals surface area contributed by atoms with Crippen molar-refractivity contribution < 1.29 is 19.4 Å². The Bertz CT molecular complexity index is 960. The lowest BCUT2D eigenvalue weighted by Crippen LogP contribution is -2.08. The van der Waals surface area contributed by atoms with Gasteiger partial charge in [-0.2, -0.15) is 0 Å². The van der Waals surface area contributed by atoms with Crippen molar-refractivity contribution in [2.24, 2.45) is 0 Å². The molecule has 1 aromatic heterocycles. The molecule has 0 fully saturated rings. The second kappa shape index (κ2) is 7.74. The Labute approximate surface area is 157 Å². The first-order chi connectivity index (χ1) is 13.2. The first-order valence-electron chi connectivity index (χ1n) is 9.46. The van der Waals surface area contributed by atoms with Crippen molar-refractivity contribution in [2.45, 2.75) is 38.5 Å². The normalized spacial score (nSPS) is 13.3. The maximum Gasteiger partial charge on any atom is 0.512 e. The summed E-state index contributed by atoms with van der Waals surface area (Å²) in [5, 5.41) is 9.97. The van der Waals surface area contributed by atoms with Gasteiger partial charge in [0.1, 0.15) is 5.75 Å². The van der Waals surface area contributed by atoms with Gasteiger partial charge >= 0.3 is 6.16 Å². The Hall–Kier alpha value is -2.95. The summed E-state index contributed by atoms with van der Waals surface area (Å²) < 4.78 is 11.0. The molecule has 1 aliphatic rings. The number of para-hydroxylation sites is 1. The second-order valence-electron chi connectivity index (χ2n) is 6.90. The predicted octanol–water partition coefficient (Wildman–Crippen LogP) is 5.12. The third-order valence-electron chi connectivity index (χ3n) is 5.15. The van der Waals surface area contributed by atoms with Crippen molar-refractivity contribution in [1.29, 1.82) is 0 Å². The minimum Gasteiger partial charge on any atom is -0.493 e. The summed E-state index contributed by atoms with van der Waals surface area (Å²) in [7, 11) is 0. The number of nitrogens with one attached hydrogen (secondary N) is 1. The van der Waals surface area contributed by atoms with Gasteiger partial charge in [-0.25, -0.2) is 4.79 Å². The molecule has 27 heavy (non-hydrogen) atoms. The van der Waals surface area contributed by atoms with Crippen molar-refractivity contribution in [3.8, 4) is 11.6 Å². The van der Waals surface area contributed by atoms with Gasteiger partial charge in [-0.15, -0.1) is 0 Å². The number of H-pyrrole nitrogens is 1. The van der Waals surface area contributed by atoms with E-state index >= 15 is 0 Å². The molecule has 5 nitrogen and oxygen atoms in total. The van der Waals surface area contributed by atoms with Crippen LogP contribution in [0.1, 0.15) is 36.0 Å². The minimum absolute atomic E-state index is 0.306. The molecular formula is C22H23NO4. The van der Waals surface area contributed by atoms with Gasteiger partial charge in [0, 0.05) is 16.5 Å². The summed E-state index contributed by atoms with van der Waals surface area (Å²) in [4.78, 5) is 14.0.